The van der Waals surface area contributed by atoms with Gasteiger partial charge in [0, 0.05) is 19.2 Å². The zero-order valence-electron chi connectivity index (χ0n) is 12.3. The summed E-state index contributed by atoms with van der Waals surface area (Å²) in [6.45, 7) is 1.19. The number of amides is 2. The monoisotopic (exact) mass is 312 g/mol. The van der Waals surface area contributed by atoms with Crippen molar-refractivity contribution in [1.29, 1.82) is 0 Å². The Morgan fingerprint density at radius 3 is 2.32 bits per heavy atom. The number of carbonyl (C=O) groups excluding carboxylic acids is 2. The summed E-state index contributed by atoms with van der Waals surface area (Å²) in [5, 5.41) is 2.39. The van der Waals surface area contributed by atoms with Crippen LogP contribution in [-0.2, 0) is 4.74 Å². The van der Waals surface area contributed by atoms with Crippen LogP contribution in [0.3, 0.4) is 0 Å². The first kappa shape index (κ1) is 16.2. The lowest BCUT2D eigenvalue weighted by Crippen LogP contribution is -2.35. The Bertz CT molecular complexity index is 570. The van der Waals surface area contributed by atoms with Crippen molar-refractivity contribution in [3.05, 3.63) is 29.3 Å². The Balaban J connectivity index is 2.17. The molecule has 0 bridgehead atoms. The van der Waals surface area contributed by atoms with E-state index in [2.05, 4.69) is 10.1 Å². The fourth-order valence-corrected chi connectivity index (χ4v) is 2.38. The van der Waals surface area contributed by atoms with Gasteiger partial charge >= 0.3 is 12.0 Å². The molecule has 7 heteroatoms. The highest BCUT2D eigenvalue weighted by Gasteiger charge is 2.20. The van der Waals surface area contributed by atoms with Crippen molar-refractivity contribution in [2.24, 2.45) is 0 Å². The third kappa shape index (κ3) is 3.72. The molecule has 0 spiro atoms. The minimum Gasteiger partial charge on any atom is -0.465 e. The molecule has 22 heavy (non-hydrogen) atoms. The molecular weight excluding hydrogens is 294 g/mol. The molecule has 0 unspecified atom stereocenters. The SMILES string of the molecule is COC(=O)c1cc(NC(=O)N2CCCCCC2)c(F)cc1F. The number of benzene rings is 1. The van der Waals surface area contributed by atoms with E-state index in [1.54, 1.807) is 4.90 Å². The van der Waals surface area contributed by atoms with Crippen LogP contribution < -0.4 is 5.32 Å². The van der Waals surface area contributed by atoms with Crippen molar-refractivity contribution in [1.82, 2.24) is 4.90 Å². The molecular formula is C15H18F2N2O3. The summed E-state index contributed by atoms with van der Waals surface area (Å²) in [7, 11) is 1.10. The summed E-state index contributed by atoms with van der Waals surface area (Å²) in [5.74, 6) is -2.90. The topological polar surface area (TPSA) is 58.6 Å². The standard InChI is InChI=1S/C15H18F2N2O3/c1-22-14(20)10-8-13(12(17)9-11(10)16)18-15(21)19-6-4-2-3-5-7-19/h8-9H,2-7H2,1H3,(H,18,21). The zero-order valence-corrected chi connectivity index (χ0v) is 12.3. The van der Waals surface area contributed by atoms with Crippen molar-refractivity contribution >= 4 is 17.7 Å². The summed E-state index contributed by atoms with van der Waals surface area (Å²) in [4.78, 5) is 25.2. The third-order valence-electron chi connectivity index (χ3n) is 3.60. The molecule has 1 aliphatic rings. The number of likely N-dealkylation sites (tertiary alicyclic amines) is 1. The Morgan fingerprint density at radius 2 is 1.73 bits per heavy atom. The van der Waals surface area contributed by atoms with E-state index in [0.29, 0.717) is 19.2 Å². The summed E-state index contributed by atoms with van der Waals surface area (Å²) in [5.41, 5.74) is -0.661. The maximum atomic E-state index is 13.8. The van der Waals surface area contributed by atoms with Crippen LogP contribution in [0.25, 0.3) is 0 Å². The van der Waals surface area contributed by atoms with Gasteiger partial charge in [0.05, 0.1) is 18.4 Å². The van der Waals surface area contributed by atoms with Gasteiger partial charge in [0.1, 0.15) is 11.6 Å². The molecule has 2 amide bonds. The predicted molar refractivity (Wildman–Crippen MR) is 76.8 cm³/mol. The van der Waals surface area contributed by atoms with E-state index in [0.717, 1.165) is 38.9 Å². The molecule has 0 aliphatic carbocycles. The number of nitrogens with one attached hydrogen (secondary N) is 1. The molecule has 0 aromatic heterocycles. The fraction of sp³-hybridized carbons (Fsp3) is 0.467. The number of hydrogen-bond donors (Lipinski definition) is 1. The van der Waals surface area contributed by atoms with Crippen molar-refractivity contribution in [3.63, 3.8) is 0 Å². The molecule has 120 valence electrons. The molecule has 0 radical (unpaired) electrons. The van der Waals surface area contributed by atoms with Gasteiger partial charge in [-0.05, 0) is 18.9 Å². The van der Waals surface area contributed by atoms with E-state index in [1.807, 2.05) is 0 Å². The van der Waals surface area contributed by atoms with E-state index in [4.69, 9.17) is 0 Å². The number of methoxy groups -OCH3 is 1. The summed E-state index contributed by atoms with van der Waals surface area (Å²) in [6.07, 6.45) is 3.90. The first-order chi connectivity index (χ1) is 10.5. The first-order valence-electron chi connectivity index (χ1n) is 7.16. The van der Waals surface area contributed by atoms with Crippen LogP contribution in [0.2, 0.25) is 0 Å². The highest BCUT2D eigenvalue weighted by Crippen LogP contribution is 2.21. The number of rotatable bonds is 2. The van der Waals surface area contributed by atoms with Gasteiger partial charge in [0.15, 0.2) is 0 Å². The van der Waals surface area contributed by atoms with E-state index in [-0.39, 0.29) is 5.69 Å². The van der Waals surface area contributed by atoms with Crippen LogP contribution in [0.4, 0.5) is 19.3 Å². The molecule has 0 saturated carbocycles. The molecule has 2 rings (SSSR count). The lowest BCUT2D eigenvalue weighted by atomic mass is 10.2. The zero-order chi connectivity index (χ0) is 16.1. The number of carbonyl (C=O) groups is 2. The van der Waals surface area contributed by atoms with Crippen LogP contribution in [0.5, 0.6) is 0 Å². The van der Waals surface area contributed by atoms with Gasteiger partial charge in [-0.15, -0.1) is 0 Å². The Hall–Kier alpha value is -2.18. The van der Waals surface area contributed by atoms with Gasteiger partial charge in [0.2, 0.25) is 0 Å². The normalized spacial score (nSPS) is 15.1. The largest absolute Gasteiger partial charge is 0.465 e. The molecule has 1 aromatic carbocycles. The highest BCUT2D eigenvalue weighted by atomic mass is 19.1. The Morgan fingerprint density at radius 1 is 1.09 bits per heavy atom. The number of ether oxygens (including phenoxy) is 1. The number of anilines is 1. The van der Waals surface area contributed by atoms with Crippen molar-refractivity contribution in [3.8, 4) is 0 Å². The number of urea groups is 1. The van der Waals surface area contributed by atoms with Crippen LogP contribution in [0.15, 0.2) is 12.1 Å². The average Bonchev–Trinajstić information content (AvgIpc) is 2.78. The Labute approximate surface area is 127 Å². The second-order valence-corrected chi connectivity index (χ2v) is 5.13. The fourth-order valence-electron chi connectivity index (χ4n) is 2.38. The van der Waals surface area contributed by atoms with Crippen LogP contribution in [0.1, 0.15) is 36.0 Å². The quantitative estimate of drug-likeness (QED) is 0.853. The van der Waals surface area contributed by atoms with Gasteiger partial charge in [0.25, 0.3) is 0 Å². The molecule has 1 N–H and O–H groups in total. The van der Waals surface area contributed by atoms with Crippen molar-refractivity contribution in [2.45, 2.75) is 25.7 Å². The number of nitrogens with zero attached hydrogens (tertiary/aromatic N) is 1. The summed E-state index contributed by atoms with van der Waals surface area (Å²) in [6, 6.07) is 1.06. The maximum absolute atomic E-state index is 13.8. The number of halogens is 2. The van der Waals surface area contributed by atoms with Crippen LogP contribution >= 0.6 is 0 Å². The molecule has 1 aliphatic heterocycles. The lowest BCUT2D eigenvalue weighted by molar-refractivity contribution is 0.0595. The third-order valence-corrected chi connectivity index (χ3v) is 3.60. The van der Waals surface area contributed by atoms with Crippen molar-refractivity contribution < 1.29 is 23.1 Å². The summed E-state index contributed by atoms with van der Waals surface area (Å²) >= 11 is 0. The smallest absolute Gasteiger partial charge is 0.340 e. The molecule has 0 atom stereocenters. The first-order valence-corrected chi connectivity index (χ1v) is 7.16. The highest BCUT2D eigenvalue weighted by molar-refractivity contribution is 5.94. The molecule has 1 heterocycles. The molecule has 1 saturated heterocycles. The molecule has 1 aromatic rings. The second kappa shape index (κ2) is 7.20. The summed E-state index contributed by atoms with van der Waals surface area (Å²) < 4.78 is 31.8. The van der Waals surface area contributed by atoms with E-state index in [1.165, 1.54) is 0 Å². The number of hydrogen-bond acceptors (Lipinski definition) is 3. The van der Waals surface area contributed by atoms with Gasteiger partial charge in [-0.3, -0.25) is 0 Å². The van der Waals surface area contributed by atoms with E-state index < -0.39 is 29.2 Å². The number of esters is 1. The predicted octanol–water partition coefficient (Wildman–Crippen LogP) is 3.16. The van der Waals surface area contributed by atoms with Crippen LogP contribution in [-0.4, -0.2) is 37.1 Å². The minimum absolute atomic E-state index is 0.240. The lowest BCUT2D eigenvalue weighted by Gasteiger charge is -2.21. The van der Waals surface area contributed by atoms with E-state index in [9.17, 15) is 18.4 Å². The average molecular weight is 312 g/mol. The van der Waals surface area contributed by atoms with Gasteiger partial charge in [-0.2, -0.15) is 0 Å². The van der Waals surface area contributed by atoms with E-state index >= 15 is 0 Å². The van der Waals surface area contributed by atoms with Gasteiger partial charge < -0.3 is 15.0 Å². The van der Waals surface area contributed by atoms with Crippen LogP contribution in [0, 0.1) is 11.6 Å². The van der Waals surface area contributed by atoms with Gasteiger partial charge in [-0.25, -0.2) is 18.4 Å². The molecule has 1 fully saturated rings. The Kier molecular flexibility index (Phi) is 5.30. The van der Waals surface area contributed by atoms with Crippen molar-refractivity contribution in [2.75, 3.05) is 25.5 Å². The molecule has 5 nitrogen and oxygen atoms in total. The maximum Gasteiger partial charge on any atom is 0.340 e. The minimum atomic E-state index is -1.03. The second-order valence-electron chi connectivity index (χ2n) is 5.13. The van der Waals surface area contributed by atoms with Gasteiger partial charge in [-0.1, -0.05) is 12.8 Å².